The zero-order chi connectivity index (χ0) is 19.1. The molecule has 136 valence electrons. The third kappa shape index (κ3) is 5.05. The van der Waals surface area contributed by atoms with Crippen LogP contribution >= 0.6 is 0 Å². The number of benzene rings is 3. The average molecular weight is 360 g/mol. The molecule has 0 saturated carbocycles. The van der Waals surface area contributed by atoms with E-state index in [1.807, 2.05) is 42.5 Å². The first-order valence-corrected chi connectivity index (χ1v) is 8.78. The van der Waals surface area contributed by atoms with Crippen LogP contribution in [-0.2, 0) is 11.2 Å². The van der Waals surface area contributed by atoms with Gasteiger partial charge in [-0.2, -0.15) is 0 Å². The summed E-state index contributed by atoms with van der Waals surface area (Å²) in [6.07, 6.45) is 0.910. The molecule has 0 bridgehead atoms. The molecular formula is C23H20O4. The lowest BCUT2D eigenvalue weighted by Crippen LogP contribution is -2.14. The molecule has 0 spiro atoms. The Morgan fingerprint density at radius 1 is 0.741 bits per heavy atom. The van der Waals surface area contributed by atoms with Gasteiger partial charge in [0.15, 0.2) is 12.4 Å². The summed E-state index contributed by atoms with van der Waals surface area (Å²) in [6, 6.07) is 23.3. The quantitative estimate of drug-likeness (QED) is 0.435. The number of esters is 1. The maximum Gasteiger partial charge on any atom is 0.338 e. The maximum absolute atomic E-state index is 12.1. The van der Waals surface area contributed by atoms with Crippen LogP contribution in [0.4, 0.5) is 0 Å². The fourth-order valence-corrected chi connectivity index (χ4v) is 2.51. The first-order chi connectivity index (χ1) is 13.2. The highest BCUT2D eigenvalue weighted by atomic mass is 16.5. The van der Waals surface area contributed by atoms with Crippen molar-refractivity contribution < 1.29 is 19.1 Å². The van der Waals surface area contributed by atoms with Crippen molar-refractivity contribution >= 4 is 11.8 Å². The summed E-state index contributed by atoms with van der Waals surface area (Å²) < 4.78 is 10.8. The second-order valence-electron chi connectivity index (χ2n) is 5.99. The number of ketones is 1. The monoisotopic (exact) mass is 360 g/mol. The molecule has 3 aromatic carbocycles. The molecule has 0 N–H and O–H groups in total. The van der Waals surface area contributed by atoms with Gasteiger partial charge in [0.2, 0.25) is 0 Å². The maximum atomic E-state index is 12.1. The first-order valence-electron chi connectivity index (χ1n) is 8.78. The Labute approximate surface area is 158 Å². The fraction of sp³-hybridized carbons (Fsp3) is 0.130. The number of carbonyl (C=O) groups is 2. The van der Waals surface area contributed by atoms with Gasteiger partial charge in [-0.3, -0.25) is 4.79 Å². The van der Waals surface area contributed by atoms with Gasteiger partial charge in [0, 0.05) is 5.56 Å². The van der Waals surface area contributed by atoms with Crippen LogP contribution in [0.3, 0.4) is 0 Å². The van der Waals surface area contributed by atoms with E-state index in [2.05, 4.69) is 6.92 Å². The molecule has 0 atom stereocenters. The normalized spacial score (nSPS) is 10.3. The van der Waals surface area contributed by atoms with Gasteiger partial charge in [-0.25, -0.2) is 4.79 Å². The first kappa shape index (κ1) is 18.4. The van der Waals surface area contributed by atoms with Crippen LogP contribution in [0.25, 0.3) is 0 Å². The van der Waals surface area contributed by atoms with Crippen molar-refractivity contribution in [2.75, 3.05) is 6.61 Å². The van der Waals surface area contributed by atoms with E-state index in [0.29, 0.717) is 22.6 Å². The van der Waals surface area contributed by atoms with E-state index in [0.717, 1.165) is 12.0 Å². The number of para-hydroxylation sites is 1. The molecule has 0 aliphatic carbocycles. The average Bonchev–Trinajstić information content (AvgIpc) is 2.73. The van der Waals surface area contributed by atoms with E-state index in [9.17, 15) is 9.59 Å². The second-order valence-corrected chi connectivity index (χ2v) is 5.99. The molecule has 3 aromatic rings. The minimum Gasteiger partial charge on any atom is -0.457 e. The fourth-order valence-electron chi connectivity index (χ4n) is 2.51. The SMILES string of the molecule is CCc1ccc(C(=O)COC(=O)c2ccc(Oc3ccccc3)cc2)cc1. The summed E-state index contributed by atoms with van der Waals surface area (Å²) in [5.74, 6) is 0.562. The highest BCUT2D eigenvalue weighted by Gasteiger charge is 2.12. The molecule has 0 unspecified atom stereocenters. The highest BCUT2D eigenvalue weighted by molar-refractivity contribution is 5.99. The Morgan fingerprint density at radius 2 is 1.33 bits per heavy atom. The molecule has 4 nitrogen and oxygen atoms in total. The van der Waals surface area contributed by atoms with E-state index in [1.165, 1.54) is 0 Å². The van der Waals surface area contributed by atoms with Crippen molar-refractivity contribution in [2.24, 2.45) is 0 Å². The molecule has 0 aliphatic heterocycles. The van der Waals surface area contributed by atoms with Crippen LogP contribution in [0.2, 0.25) is 0 Å². The predicted molar refractivity (Wildman–Crippen MR) is 103 cm³/mol. The molecule has 0 saturated heterocycles. The van der Waals surface area contributed by atoms with E-state index < -0.39 is 5.97 Å². The van der Waals surface area contributed by atoms with Gasteiger partial charge >= 0.3 is 5.97 Å². The van der Waals surface area contributed by atoms with E-state index in [1.54, 1.807) is 36.4 Å². The lowest BCUT2D eigenvalue weighted by atomic mass is 10.1. The number of hydrogen-bond acceptors (Lipinski definition) is 4. The largest absolute Gasteiger partial charge is 0.457 e. The Balaban J connectivity index is 1.55. The summed E-state index contributed by atoms with van der Waals surface area (Å²) in [7, 11) is 0. The van der Waals surface area contributed by atoms with Gasteiger partial charge in [0.05, 0.1) is 5.56 Å². The number of hydrogen-bond donors (Lipinski definition) is 0. The van der Waals surface area contributed by atoms with Crippen LogP contribution in [0, 0.1) is 0 Å². The van der Waals surface area contributed by atoms with Gasteiger partial charge in [0.25, 0.3) is 0 Å². The lowest BCUT2D eigenvalue weighted by molar-refractivity contribution is 0.0474. The van der Waals surface area contributed by atoms with Crippen molar-refractivity contribution in [1.29, 1.82) is 0 Å². The van der Waals surface area contributed by atoms with Crippen molar-refractivity contribution in [3.63, 3.8) is 0 Å². The summed E-state index contributed by atoms with van der Waals surface area (Å²) in [4.78, 5) is 24.3. The molecule has 0 radical (unpaired) electrons. The van der Waals surface area contributed by atoms with Gasteiger partial charge in [-0.05, 0) is 48.4 Å². The molecule has 0 fully saturated rings. The number of Topliss-reactive ketones (excluding diaryl/α,β-unsaturated/α-hetero) is 1. The van der Waals surface area contributed by atoms with E-state index in [4.69, 9.17) is 9.47 Å². The lowest BCUT2D eigenvalue weighted by Gasteiger charge is -2.07. The van der Waals surface area contributed by atoms with Gasteiger partial charge < -0.3 is 9.47 Å². The zero-order valence-corrected chi connectivity index (χ0v) is 15.1. The standard InChI is InChI=1S/C23H20O4/c1-2-17-8-10-18(11-9-17)22(24)16-26-23(25)19-12-14-21(15-13-19)27-20-6-4-3-5-7-20/h3-15H,2,16H2,1H3. The molecular weight excluding hydrogens is 340 g/mol. The molecule has 0 aliphatic rings. The molecule has 0 heterocycles. The molecule has 3 rings (SSSR count). The summed E-state index contributed by atoms with van der Waals surface area (Å²) in [5.41, 5.74) is 2.05. The van der Waals surface area contributed by atoms with Crippen LogP contribution in [0.15, 0.2) is 78.9 Å². The van der Waals surface area contributed by atoms with Crippen molar-refractivity contribution in [1.82, 2.24) is 0 Å². The highest BCUT2D eigenvalue weighted by Crippen LogP contribution is 2.21. The van der Waals surface area contributed by atoms with Crippen LogP contribution in [-0.4, -0.2) is 18.4 Å². The topological polar surface area (TPSA) is 52.6 Å². The minimum absolute atomic E-state index is 0.227. The van der Waals surface area contributed by atoms with E-state index in [-0.39, 0.29) is 12.4 Å². The Bertz CT molecular complexity index is 897. The molecule has 4 heteroatoms. The second kappa shape index (κ2) is 8.81. The number of aryl methyl sites for hydroxylation is 1. The Morgan fingerprint density at radius 3 is 1.96 bits per heavy atom. The smallest absolute Gasteiger partial charge is 0.338 e. The number of rotatable bonds is 7. The summed E-state index contributed by atoms with van der Waals surface area (Å²) in [5, 5.41) is 0. The van der Waals surface area contributed by atoms with Crippen molar-refractivity contribution in [3.05, 3.63) is 95.6 Å². The van der Waals surface area contributed by atoms with Crippen molar-refractivity contribution in [2.45, 2.75) is 13.3 Å². The van der Waals surface area contributed by atoms with Crippen molar-refractivity contribution in [3.8, 4) is 11.5 Å². The summed E-state index contributed by atoms with van der Waals surface area (Å²) >= 11 is 0. The van der Waals surface area contributed by atoms with Crippen LogP contribution < -0.4 is 4.74 Å². The van der Waals surface area contributed by atoms with Gasteiger partial charge in [0.1, 0.15) is 11.5 Å². The zero-order valence-electron chi connectivity index (χ0n) is 15.1. The Hall–Kier alpha value is -3.40. The molecule has 0 amide bonds. The van der Waals surface area contributed by atoms with Gasteiger partial charge in [-0.15, -0.1) is 0 Å². The summed E-state index contributed by atoms with van der Waals surface area (Å²) in [6.45, 7) is 1.77. The predicted octanol–water partition coefficient (Wildman–Crippen LogP) is 5.08. The van der Waals surface area contributed by atoms with Gasteiger partial charge in [-0.1, -0.05) is 49.4 Å². The Kier molecular flexibility index (Phi) is 6.00. The third-order valence-corrected chi connectivity index (χ3v) is 4.09. The van der Waals surface area contributed by atoms with E-state index >= 15 is 0 Å². The molecule has 27 heavy (non-hydrogen) atoms. The number of carbonyl (C=O) groups excluding carboxylic acids is 2. The van der Waals surface area contributed by atoms with Crippen LogP contribution in [0.5, 0.6) is 11.5 Å². The molecule has 0 aromatic heterocycles. The number of ether oxygens (including phenoxy) is 2. The third-order valence-electron chi connectivity index (χ3n) is 4.09. The van der Waals surface area contributed by atoms with Crippen LogP contribution in [0.1, 0.15) is 33.2 Å². The minimum atomic E-state index is -0.542.